The van der Waals surface area contributed by atoms with Crippen molar-refractivity contribution < 1.29 is 14.6 Å². The van der Waals surface area contributed by atoms with Crippen molar-refractivity contribution in [3.63, 3.8) is 0 Å². The number of carboxylic acid groups (broad SMARTS) is 1. The van der Waals surface area contributed by atoms with Gasteiger partial charge in [0.05, 0.1) is 13.5 Å². The molecule has 1 unspecified atom stereocenters. The molecule has 1 heterocycles. The van der Waals surface area contributed by atoms with E-state index in [0.717, 1.165) is 27.4 Å². The van der Waals surface area contributed by atoms with Gasteiger partial charge in [0.15, 0.2) is 0 Å². The lowest BCUT2D eigenvalue weighted by atomic mass is 9.93. The molecule has 1 N–H and O–H groups in total. The second-order valence-electron chi connectivity index (χ2n) is 5.35. The zero-order valence-corrected chi connectivity index (χ0v) is 14.0. The van der Waals surface area contributed by atoms with Gasteiger partial charge < -0.3 is 9.84 Å². The number of methoxy groups -OCH3 is 1. The third-order valence-corrected chi connectivity index (χ3v) is 4.72. The normalized spacial score (nSPS) is 11.9. The highest BCUT2D eigenvalue weighted by atomic mass is 32.1. The van der Waals surface area contributed by atoms with Crippen LogP contribution in [0.4, 0.5) is 0 Å². The number of benzene rings is 2. The molecule has 0 spiro atoms. The molecule has 0 saturated carbocycles. The van der Waals surface area contributed by atoms with Crippen LogP contribution in [0.25, 0.3) is 11.1 Å². The molecule has 3 rings (SSSR count). The van der Waals surface area contributed by atoms with Crippen LogP contribution in [0.5, 0.6) is 5.75 Å². The minimum absolute atomic E-state index is 0.0168. The lowest BCUT2D eigenvalue weighted by Crippen LogP contribution is -2.07. The Hall–Kier alpha value is -2.66. The summed E-state index contributed by atoms with van der Waals surface area (Å²) in [6.07, 6.45) is 1.72. The lowest BCUT2D eigenvalue weighted by Gasteiger charge is -2.15. The monoisotopic (exact) mass is 339 g/mol. The Morgan fingerprint density at radius 1 is 1.25 bits per heavy atom. The number of aliphatic carboxylic acids is 1. The van der Waals surface area contributed by atoms with Crippen LogP contribution in [0.3, 0.4) is 0 Å². The van der Waals surface area contributed by atoms with Crippen LogP contribution >= 0.6 is 11.3 Å². The molecule has 0 aliphatic rings. The quantitative estimate of drug-likeness (QED) is 0.722. The molecule has 122 valence electrons. The number of para-hydroxylation sites is 1. The number of nitrogens with zero attached hydrogens (tertiary/aromatic N) is 1. The van der Waals surface area contributed by atoms with Gasteiger partial charge in [-0.05, 0) is 17.2 Å². The van der Waals surface area contributed by atoms with Gasteiger partial charge in [-0.3, -0.25) is 4.79 Å². The van der Waals surface area contributed by atoms with E-state index >= 15 is 0 Å². The first-order valence-electron chi connectivity index (χ1n) is 7.53. The number of ether oxygens (including phenoxy) is 1. The molecule has 24 heavy (non-hydrogen) atoms. The molecule has 4 nitrogen and oxygen atoms in total. The number of carboxylic acids is 1. The summed E-state index contributed by atoms with van der Waals surface area (Å²) < 4.78 is 5.43. The van der Waals surface area contributed by atoms with E-state index in [-0.39, 0.29) is 12.3 Å². The van der Waals surface area contributed by atoms with Crippen LogP contribution in [0.1, 0.15) is 22.9 Å². The Labute approximate surface area is 144 Å². The summed E-state index contributed by atoms with van der Waals surface area (Å²) in [5.74, 6) is -0.297. The highest BCUT2D eigenvalue weighted by molar-refractivity contribution is 7.09. The number of thiazole rings is 1. The predicted octanol–water partition coefficient (Wildman–Crippen LogP) is 4.43. The summed E-state index contributed by atoms with van der Waals surface area (Å²) in [6, 6.07) is 15.7. The van der Waals surface area contributed by atoms with Gasteiger partial charge >= 0.3 is 5.97 Å². The highest BCUT2D eigenvalue weighted by Gasteiger charge is 2.21. The maximum atomic E-state index is 11.3. The van der Waals surface area contributed by atoms with Crippen LogP contribution in [0.2, 0.25) is 0 Å². The van der Waals surface area contributed by atoms with Gasteiger partial charge in [0.25, 0.3) is 0 Å². The van der Waals surface area contributed by atoms with Gasteiger partial charge in [-0.25, -0.2) is 4.98 Å². The minimum atomic E-state index is -0.835. The van der Waals surface area contributed by atoms with Gasteiger partial charge in [-0.15, -0.1) is 11.3 Å². The van der Waals surface area contributed by atoms with Crippen LogP contribution in [0.15, 0.2) is 60.1 Å². The molecular formula is C19H17NO3S. The van der Waals surface area contributed by atoms with E-state index in [1.165, 1.54) is 11.3 Å². The molecule has 0 radical (unpaired) electrons. The van der Waals surface area contributed by atoms with Crippen LogP contribution in [0, 0.1) is 0 Å². The molecule has 0 aliphatic carbocycles. The first-order valence-corrected chi connectivity index (χ1v) is 8.41. The average molecular weight is 339 g/mol. The first kappa shape index (κ1) is 16.2. The topological polar surface area (TPSA) is 59.4 Å². The molecule has 2 aromatic carbocycles. The summed E-state index contributed by atoms with van der Waals surface area (Å²) in [5, 5.41) is 12.0. The number of carbonyl (C=O) groups is 1. The SMILES string of the molecule is COc1ccccc1-c1cccc(C(CC(=O)O)c2nccs2)c1. The first-order chi connectivity index (χ1) is 11.7. The van der Waals surface area contributed by atoms with Crippen molar-refractivity contribution in [3.8, 4) is 16.9 Å². The van der Waals surface area contributed by atoms with Gasteiger partial charge in [-0.1, -0.05) is 42.5 Å². The molecule has 5 heteroatoms. The second-order valence-corrected chi connectivity index (χ2v) is 6.27. The molecular weight excluding hydrogens is 322 g/mol. The van der Waals surface area contributed by atoms with Crippen LogP contribution in [-0.4, -0.2) is 23.2 Å². The standard InChI is InChI=1S/C19H17NO3S/c1-23-17-8-3-2-7-15(17)13-5-4-6-14(11-13)16(12-18(21)22)19-20-9-10-24-19/h2-11,16H,12H2,1H3,(H,21,22). The molecule has 0 aliphatic heterocycles. The number of hydrogen-bond acceptors (Lipinski definition) is 4. The molecule has 0 bridgehead atoms. The Morgan fingerprint density at radius 2 is 2.08 bits per heavy atom. The van der Waals surface area contributed by atoms with Crippen LogP contribution < -0.4 is 4.74 Å². The van der Waals surface area contributed by atoms with E-state index in [1.54, 1.807) is 13.3 Å². The summed E-state index contributed by atoms with van der Waals surface area (Å²) in [6.45, 7) is 0. The van der Waals surface area contributed by atoms with Crippen molar-refractivity contribution in [2.75, 3.05) is 7.11 Å². The Balaban J connectivity index is 2.04. The molecule has 3 aromatic rings. The largest absolute Gasteiger partial charge is 0.496 e. The molecule has 0 amide bonds. The predicted molar refractivity (Wildman–Crippen MR) is 94.6 cm³/mol. The minimum Gasteiger partial charge on any atom is -0.496 e. The number of aromatic nitrogens is 1. The van der Waals surface area contributed by atoms with E-state index in [1.807, 2.05) is 53.9 Å². The van der Waals surface area contributed by atoms with Crippen molar-refractivity contribution in [1.29, 1.82) is 0 Å². The molecule has 0 saturated heterocycles. The van der Waals surface area contributed by atoms with E-state index in [4.69, 9.17) is 4.74 Å². The summed E-state index contributed by atoms with van der Waals surface area (Å²) in [5.41, 5.74) is 2.92. The van der Waals surface area contributed by atoms with E-state index in [9.17, 15) is 9.90 Å². The van der Waals surface area contributed by atoms with E-state index < -0.39 is 5.97 Å². The van der Waals surface area contributed by atoms with Crippen molar-refractivity contribution in [2.24, 2.45) is 0 Å². The van der Waals surface area contributed by atoms with Crippen molar-refractivity contribution in [1.82, 2.24) is 4.98 Å². The zero-order valence-electron chi connectivity index (χ0n) is 13.2. The zero-order chi connectivity index (χ0) is 16.9. The van der Waals surface area contributed by atoms with Crippen LogP contribution in [-0.2, 0) is 4.79 Å². The summed E-state index contributed by atoms with van der Waals surface area (Å²) in [4.78, 5) is 15.6. The molecule has 1 atom stereocenters. The number of hydrogen-bond donors (Lipinski definition) is 1. The molecule has 1 aromatic heterocycles. The Kier molecular flexibility index (Phi) is 4.91. The smallest absolute Gasteiger partial charge is 0.304 e. The van der Waals surface area contributed by atoms with Gasteiger partial charge in [0, 0.05) is 23.1 Å². The maximum absolute atomic E-state index is 11.3. The van der Waals surface area contributed by atoms with Gasteiger partial charge in [0.1, 0.15) is 10.8 Å². The second kappa shape index (κ2) is 7.27. The molecule has 0 fully saturated rings. The maximum Gasteiger partial charge on any atom is 0.304 e. The third kappa shape index (κ3) is 3.46. The van der Waals surface area contributed by atoms with E-state index in [2.05, 4.69) is 4.98 Å². The average Bonchev–Trinajstić information content (AvgIpc) is 3.14. The van der Waals surface area contributed by atoms with Crippen molar-refractivity contribution >= 4 is 17.3 Å². The van der Waals surface area contributed by atoms with E-state index in [0.29, 0.717) is 0 Å². The number of rotatable bonds is 6. The van der Waals surface area contributed by atoms with Gasteiger partial charge in [-0.2, -0.15) is 0 Å². The highest BCUT2D eigenvalue weighted by Crippen LogP contribution is 2.34. The van der Waals surface area contributed by atoms with Gasteiger partial charge in [0.2, 0.25) is 0 Å². The lowest BCUT2D eigenvalue weighted by molar-refractivity contribution is -0.137. The van der Waals surface area contributed by atoms with Crippen molar-refractivity contribution in [2.45, 2.75) is 12.3 Å². The Morgan fingerprint density at radius 3 is 2.79 bits per heavy atom. The fraction of sp³-hybridized carbons (Fsp3) is 0.158. The Bertz CT molecular complexity index is 830. The summed E-state index contributed by atoms with van der Waals surface area (Å²) in [7, 11) is 1.64. The fourth-order valence-electron chi connectivity index (χ4n) is 2.74. The fourth-order valence-corrected chi connectivity index (χ4v) is 3.50. The van der Waals surface area contributed by atoms with Crippen molar-refractivity contribution in [3.05, 3.63) is 70.7 Å². The third-order valence-electron chi connectivity index (χ3n) is 3.84. The summed E-state index contributed by atoms with van der Waals surface area (Å²) >= 11 is 1.48.